The summed E-state index contributed by atoms with van der Waals surface area (Å²) < 4.78 is 1.38. The predicted molar refractivity (Wildman–Crippen MR) is 80.0 cm³/mol. The van der Waals surface area contributed by atoms with E-state index in [2.05, 4.69) is 15.2 Å². The van der Waals surface area contributed by atoms with Gasteiger partial charge in [-0.25, -0.2) is 4.79 Å². The quantitative estimate of drug-likeness (QED) is 0.780. The minimum atomic E-state index is -0.591. The first-order chi connectivity index (χ1) is 10.0. The number of H-pyrrole nitrogens is 1. The van der Waals surface area contributed by atoms with Gasteiger partial charge >= 0.3 is 5.69 Å². The monoisotopic (exact) mass is 322 g/mol. The lowest BCUT2D eigenvalue weighted by atomic mass is 10.2. The minimum absolute atomic E-state index is 0.0629. The summed E-state index contributed by atoms with van der Waals surface area (Å²) in [5.74, 6) is 0. The van der Waals surface area contributed by atoms with Gasteiger partial charge in [0.05, 0.1) is 12.1 Å². The minimum Gasteiger partial charge on any atom is -0.287 e. The van der Waals surface area contributed by atoms with Gasteiger partial charge in [-0.05, 0) is 17.7 Å². The molecule has 6 nitrogen and oxygen atoms in total. The van der Waals surface area contributed by atoms with E-state index in [0.29, 0.717) is 10.5 Å². The van der Waals surface area contributed by atoms with Crippen LogP contribution in [-0.4, -0.2) is 19.7 Å². The number of halogens is 2. The van der Waals surface area contributed by atoms with Crippen LogP contribution in [0.5, 0.6) is 0 Å². The highest BCUT2D eigenvalue weighted by Gasteiger charge is 2.10. The second-order valence-corrected chi connectivity index (χ2v) is 5.20. The predicted octanol–water partition coefficient (Wildman–Crippen LogP) is 1.83. The maximum atomic E-state index is 12.0. The molecule has 2 aromatic heterocycles. The van der Waals surface area contributed by atoms with Gasteiger partial charge < -0.3 is 0 Å². The van der Waals surface area contributed by atoms with Gasteiger partial charge in [-0.3, -0.25) is 14.3 Å². The van der Waals surface area contributed by atoms with Crippen LogP contribution in [0.15, 0.2) is 39.9 Å². The maximum Gasteiger partial charge on any atom is 0.329 e. The van der Waals surface area contributed by atoms with E-state index in [1.54, 1.807) is 24.3 Å². The van der Waals surface area contributed by atoms with E-state index in [1.807, 2.05) is 0 Å². The molecular weight excluding hydrogens is 315 g/mol. The van der Waals surface area contributed by atoms with E-state index in [1.165, 1.54) is 10.6 Å². The van der Waals surface area contributed by atoms with Crippen LogP contribution in [0, 0.1) is 0 Å². The Morgan fingerprint density at radius 3 is 2.52 bits per heavy atom. The molecule has 0 saturated heterocycles. The number of nitrogens with zero attached hydrogens (tertiary/aromatic N) is 3. The summed E-state index contributed by atoms with van der Waals surface area (Å²) in [5, 5.41) is 8.06. The van der Waals surface area contributed by atoms with Crippen molar-refractivity contribution < 1.29 is 0 Å². The van der Waals surface area contributed by atoms with E-state index in [0.717, 1.165) is 5.56 Å². The van der Waals surface area contributed by atoms with Crippen molar-refractivity contribution in [1.29, 1.82) is 0 Å². The van der Waals surface area contributed by atoms with Crippen LogP contribution < -0.4 is 11.2 Å². The summed E-state index contributed by atoms with van der Waals surface area (Å²) in [6.07, 6.45) is 0. The highest BCUT2D eigenvalue weighted by atomic mass is 35.5. The second kappa shape index (κ2) is 5.31. The highest BCUT2D eigenvalue weighted by molar-refractivity contribution is 6.30. The number of benzene rings is 1. The fourth-order valence-corrected chi connectivity index (χ4v) is 2.26. The van der Waals surface area contributed by atoms with Gasteiger partial charge in [-0.15, -0.1) is 10.2 Å². The summed E-state index contributed by atoms with van der Waals surface area (Å²) in [7, 11) is 0. The third kappa shape index (κ3) is 2.68. The van der Waals surface area contributed by atoms with E-state index in [9.17, 15) is 9.59 Å². The molecule has 0 bridgehead atoms. The molecule has 0 aliphatic heterocycles. The molecule has 8 heteroatoms. The second-order valence-electron chi connectivity index (χ2n) is 4.37. The maximum absolute atomic E-state index is 12.0. The van der Waals surface area contributed by atoms with Crippen LogP contribution in [0.4, 0.5) is 0 Å². The molecule has 0 atom stereocenters. The van der Waals surface area contributed by atoms with Gasteiger partial charge in [0.1, 0.15) is 0 Å². The number of aromatic nitrogens is 4. The number of rotatable bonds is 2. The van der Waals surface area contributed by atoms with Crippen LogP contribution >= 0.6 is 23.2 Å². The first kappa shape index (κ1) is 13.8. The molecule has 21 heavy (non-hydrogen) atoms. The van der Waals surface area contributed by atoms with Crippen molar-refractivity contribution in [3.63, 3.8) is 0 Å². The van der Waals surface area contributed by atoms with Gasteiger partial charge in [-0.1, -0.05) is 35.3 Å². The molecular formula is C13H8Cl2N4O2. The number of fused-ring (bicyclic) bond motifs is 1. The van der Waals surface area contributed by atoms with Crippen LogP contribution in [0.1, 0.15) is 5.56 Å². The molecule has 0 unspecified atom stereocenters. The van der Waals surface area contributed by atoms with Crippen LogP contribution in [0.3, 0.4) is 0 Å². The summed E-state index contributed by atoms with van der Waals surface area (Å²) in [4.78, 5) is 26.0. The Labute approximate surface area is 128 Å². The summed E-state index contributed by atoms with van der Waals surface area (Å²) in [6, 6.07) is 8.48. The van der Waals surface area contributed by atoms with E-state index in [-0.39, 0.29) is 17.2 Å². The first-order valence-electron chi connectivity index (χ1n) is 5.95. The van der Waals surface area contributed by atoms with Crippen LogP contribution in [0.25, 0.3) is 11.0 Å². The van der Waals surface area contributed by atoms with E-state index in [4.69, 9.17) is 23.2 Å². The van der Waals surface area contributed by atoms with Crippen molar-refractivity contribution in [1.82, 2.24) is 19.7 Å². The van der Waals surface area contributed by atoms with Crippen molar-refractivity contribution in [3.8, 4) is 0 Å². The topological polar surface area (TPSA) is 80.6 Å². The lowest BCUT2D eigenvalue weighted by molar-refractivity contribution is 0.751. The normalized spacial score (nSPS) is 11.0. The molecule has 0 saturated carbocycles. The smallest absolute Gasteiger partial charge is 0.287 e. The molecule has 0 aliphatic carbocycles. The third-order valence-electron chi connectivity index (χ3n) is 2.97. The third-order valence-corrected chi connectivity index (χ3v) is 3.41. The number of nitrogens with one attached hydrogen (secondary N) is 1. The fraction of sp³-hybridized carbons (Fsp3) is 0.0769. The van der Waals surface area contributed by atoms with Crippen LogP contribution in [-0.2, 0) is 6.54 Å². The molecule has 0 aliphatic rings. The van der Waals surface area contributed by atoms with Gasteiger partial charge in [0.25, 0.3) is 5.56 Å². The zero-order valence-electron chi connectivity index (χ0n) is 10.5. The summed E-state index contributed by atoms with van der Waals surface area (Å²) in [6.45, 7) is 0.255. The SMILES string of the molecule is O=c1[nH]c(=O)n(Cc2ccc(Cl)cc2)c2cc(Cl)nnc12. The number of hydrogen-bond acceptors (Lipinski definition) is 4. The molecule has 3 aromatic rings. The Morgan fingerprint density at radius 2 is 1.81 bits per heavy atom. The number of aromatic amines is 1. The Bertz CT molecular complexity index is 932. The molecule has 2 heterocycles. The van der Waals surface area contributed by atoms with Crippen molar-refractivity contribution in [2.24, 2.45) is 0 Å². The van der Waals surface area contributed by atoms with Gasteiger partial charge in [0.15, 0.2) is 10.7 Å². The largest absolute Gasteiger partial charge is 0.329 e. The fourth-order valence-electron chi connectivity index (χ4n) is 1.99. The Morgan fingerprint density at radius 1 is 1.10 bits per heavy atom. The lowest BCUT2D eigenvalue weighted by Gasteiger charge is -2.09. The molecule has 0 fully saturated rings. The average molecular weight is 323 g/mol. The zero-order chi connectivity index (χ0) is 15.0. The van der Waals surface area contributed by atoms with Gasteiger partial charge in [0.2, 0.25) is 0 Å². The van der Waals surface area contributed by atoms with Gasteiger partial charge in [-0.2, -0.15) is 0 Å². The summed E-state index contributed by atoms with van der Waals surface area (Å²) in [5.41, 5.74) is 0.118. The molecule has 1 aromatic carbocycles. The molecule has 106 valence electrons. The Balaban J connectivity index is 2.21. The van der Waals surface area contributed by atoms with Crippen molar-refractivity contribution in [3.05, 3.63) is 66.9 Å². The standard InChI is InChI=1S/C13H8Cl2N4O2/c14-8-3-1-7(2-4-8)6-19-9-5-10(15)17-18-11(9)12(20)16-13(19)21/h1-5H,6H2,(H,16,20,21). The highest BCUT2D eigenvalue weighted by Crippen LogP contribution is 2.13. The summed E-state index contributed by atoms with van der Waals surface area (Å²) >= 11 is 11.6. The Kier molecular flexibility index (Phi) is 3.48. The van der Waals surface area contributed by atoms with Crippen molar-refractivity contribution in [2.75, 3.05) is 0 Å². The Hall–Kier alpha value is -2.18. The molecule has 0 amide bonds. The van der Waals surface area contributed by atoms with Crippen LogP contribution in [0.2, 0.25) is 10.2 Å². The average Bonchev–Trinajstić information content (AvgIpc) is 2.45. The van der Waals surface area contributed by atoms with E-state index >= 15 is 0 Å². The van der Waals surface area contributed by atoms with Crippen molar-refractivity contribution in [2.45, 2.75) is 6.54 Å². The van der Waals surface area contributed by atoms with Gasteiger partial charge in [0, 0.05) is 11.1 Å². The number of hydrogen-bond donors (Lipinski definition) is 1. The van der Waals surface area contributed by atoms with Crippen molar-refractivity contribution >= 4 is 34.2 Å². The molecule has 1 N–H and O–H groups in total. The molecule has 3 rings (SSSR count). The molecule has 0 spiro atoms. The lowest BCUT2D eigenvalue weighted by Crippen LogP contribution is -2.31. The zero-order valence-corrected chi connectivity index (χ0v) is 12.0. The first-order valence-corrected chi connectivity index (χ1v) is 6.71. The van der Waals surface area contributed by atoms with E-state index < -0.39 is 11.2 Å². The molecule has 0 radical (unpaired) electrons.